The van der Waals surface area contributed by atoms with E-state index in [2.05, 4.69) is 20.5 Å². The van der Waals surface area contributed by atoms with Crippen LogP contribution in [0.2, 0.25) is 5.02 Å². The van der Waals surface area contributed by atoms with E-state index in [1.54, 1.807) is 26.0 Å². The highest BCUT2D eigenvalue weighted by molar-refractivity contribution is 7.99. The van der Waals surface area contributed by atoms with Crippen molar-refractivity contribution >= 4 is 40.9 Å². The summed E-state index contributed by atoms with van der Waals surface area (Å²) in [5.74, 6) is -0.0477. The van der Waals surface area contributed by atoms with E-state index in [1.165, 1.54) is 17.8 Å². The van der Waals surface area contributed by atoms with E-state index in [4.69, 9.17) is 16.3 Å². The molecule has 1 heterocycles. The lowest BCUT2D eigenvalue weighted by Gasteiger charge is -2.11. The van der Waals surface area contributed by atoms with Crippen LogP contribution in [0.3, 0.4) is 0 Å². The quantitative estimate of drug-likeness (QED) is 0.404. The molecule has 0 bridgehead atoms. The summed E-state index contributed by atoms with van der Waals surface area (Å²) in [5, 5.41) is 10.5. The molecule has 0 radical (unpaired) electrons. The number of thioether (sulfide) groups is 1. The first kappa shape index (κ1) is 21.9. The Hall–Kier alpha value is -2.84. The molecule has 156 valence electrons. The molecule has 0 saturated heterocycles. The minimum atomic E-state index is -0.476. The number of anilines is 1. The van der Waals surface area contributed by atoms with Gasteiger partial charge >= 0.3 is 5.97 Å². The zero-order valence-electron chi connectivity index (χ0n) is 16.7. The number of hydrogen-bond donors (Lipinski definition) is 2. The summed E-state index contributed by atoms with van der Waals surface area (Å²) in [5.41, 5.74) is 2.73. The summed E-state index contributed by atoms with van der Waals surface area (Å²) in [4.78, 5) is 28.8. The van der Waals surface area contributed by atoms with Gasteiger partial charge in [-0.25, -0.2) is 9.78 Å². The molecule has 0 spiro atoms. The SMILES string of the molecule is Cc1ccc(-c2nc(SCC(=O)Nc3cc(C(=O)OC(C)C)ccc3Cl)n[nH]2)cc1. The van der Waals surface area contributed by atoms with Gasteiger partial charge in [0.1, 0.15) is 0 Å². The first-order chi connectivity index (χ1) is 14.3. The van der Waals surface area contributed by atoms with Gasteiger partial charge in [0.2, 0.25) is 11.1 Å². The van der Waals surface area contributed by atoms with E-state index in [9.17, 15) is 9.59 Å². The molecule has 0 aliphatic carbocycles. The number of rotatable bonds is 7. The first-order valence-corrected chi connectivity index (χ1v) is 10.6. The number of amides is 1. The monoisotopic (exact) mass is 444 g/mol. The lowest BCUT2D eigenvalue weighted by atomic mass is 10.1. The van der Waals surface area contributed by atoms with Crippen molar-refractivity contribution in [2.75, 3.05) is 11.1 Å². The Morgan fingerprint density at radius 2 is 1.93 bits per heavy atom. The number of hydrogen-bond acceptors (Lipinski definition) is 6. The maximum atomic E-state index is 12.3. The van der Waals surface area contributed by atoms with Gasteiger partial charge in [0, 0.05) is 5.56 Å². The lowest BCUT2D eigenvalue weighted by Crippen LogP contribution is -2.16. The number of carbonyl (C=O) groups is 2. The van der Waals surface area contributed by atoms with E-state index in [0.717, 1.165) is 11.1 Å². The Morgan fingerprint density at radius 3 is 2.63 bits per heavy atom. The number of aromatic amines is 1. The van der Waals surface area contributed by atoms with Gasteiger partial charge in [-0.3, -0.25) is 9.89 Å². The minimum absolute atomic E-state index is 0.0855. The molecule has 9 heteroatoms. The number of H-pyrrole nitrogens is 1. The molecule has 3 aromatic rings. The van der Waals surface area contributed by atoms with Crippen molar-refractivity contribution < 1.29 is 14.3 Å². The third-order valence-electron chi connectivity index (χ3n) is 3.94. The standard InChI is InChI=1S/C21H21ClN4O3S/c1-12(2)29-20(28)15-8-9-16(22)17(10-15)23-18(27)11-30-21-24-19(25-26-21)14-6-4-13(3)5-7-14/h4-10,12H,11H2,1-3H3,(H,23,27)(H,24,25,26). The summed E-state index contributed by atoms with van der Waals surface area (Å²) >= 11 is 7.34. The van der Waals surface area contributed by atoms with Crippen molar-refractivity contribution in [3.8, 4) is 11.4 Å². The second kappa shape index (κ2) is 9.77. The number of nitrogens with zero attached hydrogens (tertiary/aromatic N) is 2. The Balaban J connectivity index is 1.60. The number of benzene rings is 2. The Bertz CT molecular complexity index is 1050. The van der Waals surface area contributed by atoms with Crippen molar-refractivity contribution in [2.45, 2.75) is 32.0 Å². The van der Waals surface area contributed by atoms with Gasteiger partial charge in [-0.15, -0.1) is 5.10 Å². The number of halogens is 1. The largest absolute Gasteiger partial charge is 0.459 e. The van der Waals surface area contributed by atoms with E-state index >= 15 is 0 Å². The van der Waals surface area contributed by atoms with E-state index < -0.39 is 5.97 Å². The molecule has 0 aliphatic heterocycles. The first-order valence-electron chi connectivity index (χ1n) is 9.24. The molecule has 30 heavy (non-hydrogen) atoms. The number of aromatic nitrogens is 3. The maximum Gasteiger partial charge on any atom is 0.338 e. The minimum Gasteiger partial charge on any atom is -0.459 e. The van der Waals surface area contributed by atoms with Crippen LogP contribution in [-0.2, 0) is 9.53 Å². The van der Waals surface area contributed by atoms with Gasteiger partial charge < -0.3 is 10.1 Å². The molecule has 3 rings (SSSR count). The van der Waals surface area contributed by atoms with Crippen LogP contribution in [0.1, 0.15) is 29.8 Å². The van der Waals surface area contributed by atoms with Crippen molar-refractivity contribution in [3.05, 3.63) is 58.6 Å². The highest BCUT2D eigenvalue weighted by Crippen LogP contribution is 2.25. The topological polar surface area (TPSA) is 97.0 Å². The number of aryl methyl sites for hydroxylation is 1. The van der Waals surface area contributed by atoms with Gasteiger partial charge in [0.15, 0.2) is 5.82 Å². The Morgan fingerprint density at radius 1 is 1.20 bits per heavy atom. The van der Waals surface area contributed by atoms with Crippen LogP contribution in [0.4, 0.5) is 5.69 Å². The molecule has 1 amide bonds. The highest BCUT2D eigenvalue weighted by Gasteiger charge is 2.14. The van der Waals surface area contributed by atoms with Crippen molar-refractivity contribution in [1.29, 1.82) is 0 Å². The fourth-order valence-corrected chi connectivity index (χ4v) is 3.26. The molecule has 0 saturated carbocycles. The highest BCUT2D eigenvalue weighted by atomic mass is 35.5. The predicted octanol–water partition coefficient (Wildman–Crippen LogP) is 4.73. The smallest absolute Gasteiger partial charge is 0.338 e. The van der Waals surface area contributed by atoms with Crippen LogP contribution >= 0.6 is 23.4 Å². The van der Waals surface area contributed by atoms with Crippen LogP contribution in [0, 0.1) is 6.92 Å². The maximum absolute atomic E-state index is 12.3. The molecular formula is C21H21ClN4O3S. The molecule has 7 nitrogen and oxygen atoms in total. The molecule has 2 N–H and O–H groups in total. The summed E-state index contributed by atoms with van der Waals surface area (Å²) < 4.78 is 5.17. The molecule has 0 aliphatic rings. The molecule has 1 aromatic heterocycles. The number of ether oxygens (including phenoxy) is 1. The van der Waals surface area contributed by atoms with Gasteiger partial charge in [-0.05, 0) is 39.0 Å². The van der Waals surface area contributed by atoms with E-state index in [1.807, 2.05) is 31.2 Å². The van der Waals surface area contributed by atoms with Crippen LogP contribution < -0.4 is 5.32 Å². The fraction of sp³-hybridized carbons (Fsp3) is 0.238. The molecule has 0 atom stereocenters. The average molecular weight is 445 g/mol. The van der Waals surface area contributed by atoms with E-state index in [-0.39, 0.29) is 17.8 Å². The van der Waals surface area contributed by atoms with Crippen LogP contribution in [0.15, 0.2) is 47.6 Å². The number of esters is 1. The van der Waals surface area contributed by atoms with Crippen molar-refractivity contribution in [3.63, 3.8) is 0 Å². The van der Waals surface area contributed by atoms with Crippen molar-refractivity contribution in [1.82, 2.24) is 15.2 Å². The average Bonchev–Trinajstić information content (AvgIpc) is 3.17. The Labute approximate surface area is 183 Å². The van der Waals surface area contributed by atoms with Crippen LogP contribution in [-0.4, -0.2) is 38.9 Å². The van der Waals surface area contributed by atoms with Gasteiger partial charge in [-0.1, -0.05) is 53.2 Å². The second-order valence-corrected chi connectivity index (χ2v) is 8.17. The number of nitrogens with one attached hydrogen (secondary N) is 2. The predicted molar refractivity (Wildman–Crippen MR) is 118 cm³/mol. The van der Waals surface area contributed by atoms with Gasteiger partial charge in [-0.2, -0.15) is 0 Å². The van der Waals surface area contributed by atoms with Crippen LogP contribution in [0.5, 0.6) is 0 Å². The summed E-state index contributed by atoms with van der Waals surface area (Å²) in [6.45, 7) is 5.54. The Kier molecular flexibility index (Phi) is 7.12. The third kappa shape index (κ3) is 5.84. The van der Waals surface area contributed by atoms with E-state index in [0.29, 0.717) is 27.3 Å². The molecule has 2 aromatic carbocycles. The lowest BCUT2D eigenvalue weighted by molar-refractivity contribution is -0.113. The van der Waals surface area contributed by atoms with Crippen LogP contribution in [0.25, 0.3) is 11.4 Å². The molecular weight excluding hydrogens is 424 g/mol. The zero-order chi connectivity index (χ0) is 21.7. The zero-order valence-corrected chi connectivity index (χ0v) is 18.3. The van der Waals surface area contributed by atoms with Crippen molar-refractivity contribution in [2.24, 2.45) is 0 Å². The molecule has 0 fully saturated rings. The third-order valence-corrected chi connectivity index (χ3v) is 5.12. The number of carbonyl (C=O) groups excluding carboxylic acids is 2. The summed E-state index contributed by atoms with van der Waals surface area (Å²) in [6.07, 6.45) is -0.242. The summed E-state index contributed by atoms with van der Waals surface area (Å²) in [7, 11) is 0. The van der Waals surface area contributed by atoms with Gasteiger partial charge in [0.25, 0.3) is 0 Å². The molecule has 0 unspecified atom stereocenters. The second-order valence-electron chi connectivity index (χ2n) is 6.82. The van der Waals surface area contributed by atoms with Gasteiger partial charge in [0.05, 0.1) is 28.1 Å². The summed E-state index contributed by atoms with van der Waals surface area (Å²) in [6, 6.07) is 12.5. The fourth-order valence-electron chi connectivity index (χ4n) is 2.50. The normalized spacial score (nSPS) is 10.8.